The number of benzene rings is 1. The number of nitrogens with one attached hydrogen (secondary N) is 1. The molecule has 0 bridgehead atoms. The Morgan fingerprint density at radius 1 is 1.06 bits per heavy atom. The summed E-state index contributed by atoms with van der Waals surface area (Å²) in [5.74, 6) is -3.48. The van der Waals surface area contributed by atoms with Crippen LogP contribution in [0.5, 0.6) is 0 Å². The van der Waals surface area contributed by atoms with Gasteiger partial charge < -0.3 is 11.1 Å². The molecule has 0 unspecified atom stereocenters. The summed E-state index contributed by atoms with van der Waals surface area (Å²) in [6, 6.07) is 4.25. The van der Waals surface area contributed by atoms with Crippen LogP contribution in [0.2, 0.25) is 5.02 Å². The van der Waals surface area contributed by atoms with Gasteiger partial charge >= 0.3 is 0 Å². The van der Waals surface area contributed by atoms with Crippen molar-refractivity contribution in [1.29, 1.82) is 0 Å². The number of nitrogen functional groups attached to an aromatic ring is 1. The van der Waals surface area contributed by atoms with E-state index in [1.54, 1.807) is 0 Å². The van der Waals surface area contributed by atoms with Crippen LogP contribution in [-0.2, 0) is 0 Å². The molecule has 0 atom stereocenters. The highest BCUT2D eigenvalue weighted by atomic mass is 35.5. The van der Waals surface area contributed by atoms with Crippen molar-refractivity contribution in [2.45, 2.75) is 0 Å². The SMILES string of the molecule is Nc1nc(Nc2cc(Cl)ccc2F)c(F)cc1F. The van der Waals surface area contributed by atoms with Gasteiger partial charge in [-0.15, -0.1) is 0 Å². The van der Waals surface area contributed by atoms with Gasteiger partial charge in [-0.3, -0.25) is 0 Å². The summed E-state index contributed by atoms with van der Waals surface area (Å²) in [6.07, 6.45) is 0. The van der Waals surface area contributed by atoms with Gasteiger partial charge in [0, 0.05) is 11.1 Å². The summed E-state index contributed by atoms with van der Waals surface area (Å²) >= 11 is 5.67. The summed E-state index contributed by atoms with van der Waals surface area (Å²) in [7, 11) is 0. The molecule has 0 saturated heterocycles. The van der Waals surface area contributed by atoms with Gasteiger partial charge in [0.05, 0.1) is 5.69 Å². The maximum absolute atomic E-state index is 13.4. The van der Waals surface area contributed by atoms with E-state index >= 15 is 0 Å². The molecule has 0 amide bonds. The summed E-state index contributed by atoms with van der Waals surface area (Å²) < 4.78 is 39.7. The molecule has 94 valence electrons. The normalized spacial score (nSPS) is 10.4. The lowest BCUT2D eigenvalue weighted by atomic mass is 10.3. The van der Waals surface area contributed by atoms with Gasteiger partial charge in [0.1, 0.15) is 5.82 Å². The van der Waals surface area contributed by atoms with E-state index in [0.717, 1.165) is 6.07 Å². The number of hydrogen-bond acceptors (Lipinski definition) is 3. The molecule has 2 aromatic rings. The predicted octanol–water partition coefficient (Wildman–Crippen LogP) is 3.48. The Morgan fingerprint density at radius 3 is 2.50 bits per heavy atom. The summed E-state index contributed by atoms with van der Waals surface area (Å²) in [5, 5.41) is 2.62. The van der Waals surface area contributed by atoms with Crippen molar-refractivity contribution in [2.75, 3.05) is 11.1 Å². The third-order valence-corrected chi connectivity index (χ3v) is 2.37. The zero-order chi connectivity index (χ0) is 13.3. The van der Waals surface area contributed by atoms with Gasteiger partial charge in [0.15, 0.2) is 23.3 Å². The molecule has 1 aromatic carbocycles. The quantitative estimate of drug-likeness (QED) is 0.881. The zero-order valence-electron chi connectivity index (χ0n) is 8.85. The molecule has 3 N–H and O–H groups in total. The fourth-order valence-corrected chi connectivity index (χ4v) is 1.46. The molecule has 18 heavy (non-hydrogen) atoms. The Bertz CT molecular complexity index is 604. The third kappa shape index (κ3) is 2.48. The first-order valence-corrected chi connectivity index (χ1v) is 5.19. The van der Waals surface area contributed by atoms with E-state index in [1.807, 2.05) is 0 Å². The van der Waals surface area contributed by atoms with Crippen LogP contribution in [0.3, 0.4) is 0 Å². The van der Waals surface area contributed by atoms with Crippen LogP contribution >= 0.6 is 11.6 Å². The molecule has 1 heterocycles. The summed E-state index contributed by atoms with van der Waals surface area (Å²) in [6.45, 7) is 0. The van der Waals surface area contributed by atoms with Crippen molar-refractivity contribution in [2.24, 2.45) is 0 Å². The van der Waals surface area contributed by atoms with E-state index in [4.69, 9.17) is 17.3 Å². The van der Waals surface area contributed by atoms with Crippen molar-refractivity contribution in [1.82, 2.24) is 4.98 Å². The van der Waals surface area contributed by atoms with Crippen LogP contribution in [0, 0.1) is 17.5 Å². The highest BCUT2D eigenvalue weighted by Gasteiger charge is 2.12. The number of rotatable bonds is 2. The molecular weight excluding hydrogens is 267 g/mol. The molecule has 1 aromatic heterocycles. The lowest BCUT2D eigenvalue weighted by Gasteiger charge is -2.09. The molecule has 0 spiro atoms. The van der Waals surface area contributed by atoms with E-state index < -0.39 is 23.3 Å². The van der Waals surface area contributed by atoms with E-state index in [0.29, 0.717) is 6.07 Å². The minimum atomic E-state index is -0.985. The smallest absolute Gasteiger partial charge is 0.169 e. The van der Waals surface area contributed by atoms with Crippen LogP contribution in [0.25, 0.3) is 0 Å². The van der Waals surface area contributed by atoms with Gasteiger partial charge in [0.25, 0.3) is 0 Å². The second-order valence-corrected chi connectivity index (χ2v) is 3.87. The van der Waals surface area contributed by atoms with Gasteiger partial charge in [0.2, 0.25) is 0 Å². The molecule has 2 rings (SSSR count). The van der Waals surface area contributed by atoms with Crippen molar-refractivity contribution in [3.8, 4) is 0 Å². The first-order chi connectivity index (χ1) is 8.47. The summed E-state index contributed by atoms with van der Waals surface area (Å²) in [5.41, 5.74) is 5.12. The monoisotopic (exact) mass is 273 g/mol. The van der Waals surface area contributed by atoms with Crippen LogP contribution in [-0.4, -0.2) is 4.98 Å². The maximum Gasteiger partial charge on any atom is 0.169 e. The Kier molecular flexibility index (Phi) is 3.29. The fourth-order valence-electron chi connectivity index (χ4n) is 1.29. The highest BCUT2D eigenvalue weighted by molar-refractivity contribution is 6.30. The number of aromatic nitrogens is 1. The number of halogens is 4. The van der Waals surface area contributed by atoms with Gasteiger partial charge in [-0.2, -0.15) is 0 Å². The van der Waals surface area contributed by atoms with Crippen LogP contribution < -0.4 is 11.1 Å². The lowest BCUT2D eigenvalue weighted by molar-refractivity contribution is 0.580. The van der Waals surface area contributed by atoms with E-state index in [1.165, 1.54) is 12.1 Å². The largest absolute Gasteiger partial charge is 0.381 e. The van der Waals surface area contributed by atoms with Gasteiger partial charge in [-0.1, -0.05) is 11.6 Å². The Labute approximate surface area is 105 Å². The average Bonchev–Trinajstić information content (AvgIpc) is 2.30. The number of nitrogens with two attached hydrogens (primary N) is 1. The van der Waals surface area contributed by atoms with E-state index in [9.17, 15) is 13.2 Å². The molecule has 0 aliphatic heterocycles. The van der Waals surface area contributed by atoms with Crippen LogP contribution in [0.15, 0.2) is 24.3 Å². The minimum Gasteiger partial charge on any atom is -0.381 e. The number of pyridine rings is 1. The van der Waals surface area contributed by atoms with Crippen molar-refractivity contribution < 1.29 is 13.2 Å². The molecule has 3 nitrogen and oxygen atoms in total. The standard InChI is InChI=1S/C11H7ClF3N3/c12-5-1-2-6(13)9(3-5)17-11-8(15)4-7(14)10(16)18-11/h1-4H,(H3,16,17,18). The van der Waals surface area contributed by atoms with Crippen molar-refractivity contribution in [3.63, 3.8) is 0 Å². The molecule has 0 aliphatic rings. The molecular formula is C11H7ClF3N3. The first kappa shape index (κ1) is 12.5. The van der Waals surface area contributed by atoms with Crippen molar-refractivity contribution >= 4 is 28.9 Å². The fraction of sp³-hybridized carbons (Fsp3) is 0. The zero-order valence-corrected chi connectivity index (χ0v) is 9.60. The second-order valence-electron chi connectivity index (χ2n) is 3.44. The molecule has 7 heteroatoms. The topological polar surface area (TPSA) is 50.9 Å². The predicted molar refractivity (Wildman–Crippen MR) is 63.3 cm³/mol. The van der Waals surface area contributed by atoms with E-state index in [-0.39, 0.29) is 16.5 Å². The van der Waals surface area contributed by atoms with Crippen LogP contribution in [0.4, 0.5) is 30.5 Å². The Hall–Kier alpha value is -1.95. The number of anilines is 3. The average molecular weight is 274 g/mol. The highest BCUT2D eigenvalue weighted by Crippen LogP contribution is 2.25. The molecule has 0 saturated carbocycles. The third-order valence-electron chi connectivity index (χ3n) is 2.14. The van der Waals surface area contributed by atoms with E-state index in [2.05, 4.69) is 10.3 Å². The molecule has 0 fully saturated rings. The number of hydrogen-bond donors (Lipinski definition) is 2. The minimum absolute atomic E-state index is 0.0834. The summed E-state index contributed by atoms with van der Waals surface area (Å²) in [4.78, 5) is 3.45. The van der Waals surface area contributed by atoms with Crippen LogP contribution in [0.1, 0.15) is 0 Å². The maximum atomic E-state index is 13.4. The second kappa shape index (κ2) is 4.73. The van der Waals surface area contributed by atoms with Crippen molar-refractivity contribution in [3.05, 3.63) is 46.7 Å². The Balaban J connectivity index is 2.40. The molecule has 0 aliphatic carbocycles. The van der Waals surface area contributed by atoms with Gasteiger partial charge in [-0.25, -0.2) is 18.2 Å². The number of nitrogens with zero attached hydrogens (tertiary/aromatic N) is 1. The Morgan fingerprint density at radius 2 is 1.78 bits per heavy atom. The molecule has 0 radical (unpaired) electrons. The van der Waals surface area contributed by atoms with Gasteiger partial charge in [-0.05, 0) is 18.2 Å². The lowest BCUT2D eigenvalue weighted by Crippen LogP contribution is -2.04. The first-order valence-electron chi connectivity index (χ1n) is 4.81.